The van der Waals surface area contributed by atoms with Crippen molar-refractivity contribution >= 4 is 28.5 Å². The molecule has 2 amide bonds. The molecule has 0 bridgehead atoms. The van der Waals surface area contributed by atoms with Crippen LogP contribution < -0.4 is 10.2 Å². The molecule has 0 spiro atoms. The smallest absolute Gasteiger partial charge is 0.251 e. The Labute approximate surface area is 211 Å². The molecule has 0 saturated heterocycles. The summed E-state index contributed by atoms with van der Waals surface area (Å²) in [6, 6.07) is 15.9. The van der Waals surface area contributed by atoms with Crippen LogP contribution in [0.2, 0.25) is 0 Å². The standard InChI is InChI=1S/C28H33N5O3/c1-18(2)14-15-29-28(35)27(25-13-12-21(5)36-25)33(24-16-19(3)10-11-20(24)4)26(34)17-32-23-9-7-6-8-22(23)30-31-32/h6-13,16,18,27H,14-15,17H2,1-5H3,(H,29,35)/t27-/m1/s1. The highest BCUT2D eigenvalue weighted by Crippen LogP contribution is 2.32. The number of rotatable bonds is 9. The molecule has 4 aromatic rings. The normalized spacial score (nSPS) is 12.2. The van der Waals surface area contributed by atoms with Crippen LogP contribution in [-0.2, 0) is 16.1 Å². The van der Waals surface area contributed by atoms with Gasteiger partial charge in [-0.05, 0) is 74.6 Å². The molecule has 0 saturated carbocycles. The van der Waals surface area contributed by atoms with Crippen LogP contribution in [0.4, 0.5) is 5.69 Å². The van der Waals surface area contributed by atoms with Gasteiger partial charge in [0.2, 0.25) is 5.91 Å². The highest BCUT2D eigenvalue weighted by atomic mass is 16.3. The van der Waals surface area contributed by atoms with E-state index in [1.54, 1.807) is 21.7 Å². The van der Waals surface area contributed by atoms with E-state index in [1.807, 2.05) is 63.2 Å². The number of fused-ring (bicyclic) bond motifs is 1. The summed E-state index contributed by atoms with van der Waals surface area (Å²) >= 11 is 0. The molecular weight excluding hydrogens is 454 g/mol. The Balaban J connectivity index is 1.78. The first-order valence-electron chi connectivity index (χ1n) is 12.3. The molecule has 2 heterocycles. The molecule has 8 heteroatoms. The zero-order valence-corrected chi connectivity index (χ0v) is 21.5. The maximum absolute atomic E-state index is 14.0. The second-order valence-electron chi connectivity index (χ2n) is 9.61. The van der Waals surface area contributed by atoms with E-state index in [2.05, 4.69) is 29.5 Å². The lowest BCUT2D eigenvalue weighted by atomic mass is 10.0. The van der Waals surface area contributed by atoms with Gasteiger partial charge in [-0.3, -0.25) is 14.5 Å². The minimum atomic E-state index is -0.978. The molecule has 0 aliphatic heterocycles. The van der Waals surface area contributed by atoms with Crippen molar-refractivity contribution in [2.75, 3.05) is 11.4 Å². The van der Waals surface area contributed by atoms with Gasteiger partial charge in [0.15, 0.2) is 6.04 Å². The van der Waals surface area contributed by atoms with Crippen molar-refractivity contribution in [2.45, 2.75) is 53.6 Å². The van der Waals surface area contributed by atoms with Gasteiger partial charge in [-0.2, -0.15) is 0 Å². The van der Waals surface area contributed by atoms with E-state index in [0.29, 0.717) is 35.2 Å². The van der Waals surface area contributed by atoms with Gasteiger partial charge in [-0.1, -0.05) is 43.3 Å². The SMILES string of the molecule is Cc1ccc(C)c(N(C(=O)Cn2nnc3ccccc32)[C@@H](C(=O)NCCC(C)C)c2ccc(C)o2)c1. The highest BCUT2D eigenvalue weighted by Gasteiger charge is 2.36. The zero-order valence-electron chi connectivity index (χ0n) is 21.5. The van der Waals surface area contributed by atoms with Crippen LogP contribution in [0.1, 0.15) is 49.0 Å². The number of anilines is 1. The van der Waals surface area contributed by atoms with Crippen LogP contribution in [0.3, 0.4) is 0 Å². The largest absolute Gasteiger partial charge is 0.464 e. The number of hydrogen-bond acceptors (Lipinski definition) is 5. The van der Waals surface area contributed by atoms with Crippen LogP contribution >= 0.6 is 0 Å². The Morgan fingerprint density at radius 2 is 1.83 bits per heavy atom. The number of hydrogen-bond donors (Lipinski definition) is 1. The highest BCUT2D eigenvalue weighted by molar-refractivity contribution is 6.01. The number of furan rings is 1. The summed E-state index contributed by atoms with van der Waals surface area (Å²) in [5, 5.41) is 11.4. The Morgan fingerprint density at radius 3 is 2.56 bits per heavy atom. The second kappa shape index (κ2) is 10.8. The van der Waals surface area contributed by atoms with Crippen molar-refractivity contribution in [1.29, 1.82) is 0 Å². The van der Waals surface area contributed by atoms with Crippen molar-refractivity contribution < 1.29 is 14.0 Å². The molecular formula is C28H33N5O3. The lowest BCUT2D eigenvalue weighted by molar-refractivity contribution is -0.127. The van der Waals surface area contributed by atoms with Gasteiger partial charge in [-0.25, -0.2) is 4.68 Å². The van der Waals surface area contributed by atoms with Crippen molar-refractivity contribution in [3.05, 3.63) is 77.2 Å². The molecule has 0 fully saturated rings. The predicted molar refractivity (Wildman–Crippen MR) is 140 cm³/mol. The number of carbonyl (C=O) groups is 2. The Kier molecular flexibility index (Phi) is 7.52. The van der Waals surface area contributed by atoms with E-state index < -0.39 is 6.04 Å². The third-order valence-electron chi connectivity index (χ3n) is 6.16. The summed E-state index contributed by atoms with van der Waals surface area (Å²) in [4.78, 5) is 29.3. The second-order valence-corrected chi connectivity index (χ2v) is 9.61. The molecule has 2 aromatic heterocycles. The summed E-state index contributed by atoms with van der Waals surface area (Å²) in [5.74, 6) is 0.931. The monoisotopic (exact) mass is 487 g/mol. The molecule has 36 heavy (non-hydrogen) atoms. The van der Waals surface area contributed by atoms with E-state index in [1.165, 1.54) is 0 Å². The number of nitrogens with zero attached hydrogens (tertiary/aromatic N) is 4. The van der Waals surface area contributed by atoms with Crippen molar-refractivity contribution in [3.8, 4) is 0 Å². The maximum Gasteiger partial charge on any atom is 0.251 e. The van der Waals surface area contributed by atoms with Crippen molar-refractivity contribution in [1.82, 2.24) is 20.3 Å². The van der Waals surface area contributed by atoms with E-state index in [4.69, 9.17) is 4.42 Å². The number of para-hydroxylation sites is 1. The molecule has 0 aliphatic carbocycles. The molecule has 1 N–H and O–H groups in total. The number of aromatic nitrogens is 3. The fourth-order valence-electron chi connectivity index (χ4n) is 4.19. The van der Waals surface area contributed by atoms with E-state index in [-0.39, 0.29) is 18.4 Å². The van der Waals surface area contributed by atoms with Crippen LogP contribution in [0.25, 0.3) is 11.0 Å². The maximum atomic E-state index is 14.0. The summed E-state index contributed by atoms with van der Waals surface area (Å²) < 4.78 is 7.50. The summed E-state index contributed by atoms with van der Waals surface area (Å²) in [6.45, 7) is 10.4. The molecule has 0 aliphatic rings. The summed E-state index contributed by atoms with van der Waals surface area (Å²) in [6.07, 6.45) is 0.831. The first-order chi connectivity index (χ1) is 17.2. The topological polar surface area (TPSA) is 93.3 Å². The Bertz CT molecular complexity index is 1370. The first kappa shape index (κ1) is 25.2. The minimum absolute atomic E-state index is 0.0800. The van der Waals surface area contributed by atoms with Gasteiger partial charge in [0.05, 0.1) is 5.52 Å². The van der Waals surface area contributed by atoms with Gasteiger partial charge in [0, 0.05) is 12.2 Å². The summed E-state index contributed by atoms with van der Waals surface area (Å²) in [5.41, 5.74) is 3.96. The van der Waals surface area contributed by atoms with Gasteiger partial charge in [0.1, 0.15) is 23.6 Å². The van der Waals surface area contributed by atoms with E-state index in [9.17, 15) is 9.59 Å². The van der Waals surface area contributed by atoms with Crippen LogP contribution in [0.15, 0.2) is 59.0 Å². The van der Waals surface area contributed by atoms with Crippen LogP contribution in [0.5, 0.6) is 0 Å². The number of aryl methyl sites for hydroxylation is 3. The van der Waals surface area contributed by atoms with Gasteiger partial charge in [0.25, 0.3) is 5.91 Å². The van der Waals surface area contributed by atoms with E-state index in [0.717, 1.165) is 23.1 Å². The van der Waals surface area contributed by atoms with Crippen LogP contribution in [0, 0.1) is 26.7 Å². The lowest BCUT2D eigenvalue weighted by Crippen LogP contribution is -2.45. The molecule has 188 valence electrons. The number of nitrogens with one attached hydrogen (secondary N) is 1. The average Bonchev–Trinajstić information content (AvgIpc) is 3.45. The number of carbonyl (C=O) groups excluding carboxylic acids is 2. The Hall–Kier alpha value is -3.94. The molecule has 8 nitrogen and oxygen atoms in total. The molecule has 1 atom stereocenters. The average molecular weight is 488 g/mol. The third kappa shape index (κ3) is 5.48. The fraction of sp³-hybridized carbons (Fsp3) is 0.357. The quantitative estimate of drug-likeness (QED) is 0.363. The lowest BCUT2D eigenvalue weighted by Gasteiger charge is -2.31. The van der Waals surface area contributed by atoms with Gasteiger partial charge >= 0.3 is 0 Å². The number of benzene rings is 2. The van der Waals surface area contributed by atoms with Crippen molar-refractivity contribution in [3.63, 3.8) is 0 Å². The summed E-state index contributed by atoms with van der Waals surface area (Å²) in [7, 11) is 0. The molecule has 2 aromatic carbocycles. The van der Waals surface area contributed by atoms with Gasteiger partial charge < -0.3 is 9.73 Å². The number of amides is 2. The molecule has 4 rings (SSSR count). The molecule has 0 unspecified atom stereocenters. The zero-order chi connectivity index (χ0) is 25.8. The van der Waals surface area contributed by atoms with Gasteiger partial charge in [-0.15, -0.1) is 5.10 Å². The Morgan fingerprint density at radius 1 is 1.06 bits per heavy atom. The minimum Gasteiger partial charge on any atom is -0.464 e. The van der Waals surface area contributed by atoms with E-state index >= 15 is 0 Å². The fourth-order valence-corrected chi connectivity index (χ4v) is 4.19. The van der Waals surface area contributed by atoms with Crippen LogP contribution in [-0.4, -0.2) is 33.4 Å². The molecule has 0 radical (unpaired) electrons. The predicted octanol–water partition coefficient (Wildman–Crippen LogP) is 4.89. The third-order valence-corrected chi connectivity index (χ3v) is 6.16. The van der Waals surface area contributed by atoms with Crippen molar-refractivity contribution in [2.24, 2.45) is 5.92 Å². The first-order valence-corrected chi connectivity index (χ1v) is 12.3.